The van der Waals surface area contributed by atoms with Gasteiger partial charge in [-0.2, -0.15) is 12.7 Å². The number of hydrogen-bond acceptors (Lipinski definition) is 4. The lowest BCUT2D eigenvalue weighted by molar-refractivity contribution is 0.0398. The van der Waals surface area contributed by atoms with Crippen molar-refractivity contribution in [3.05, 3.63) is 0 Å². The van der Waals surface area contributed by atoms with Crippen molar-refractivity contribution in [1.29, 1.82) is 0 Å². The average Bonchev–Trinajstić information content (AvgIpc) is 2.35. The Morgan fingerprint density at radius 1 is 1.50 bits per heavy atom. The average molecular weight is 302 g/mol. The Hall–Kier alpha value is 0.0800. The summed E-state index contributed by atoms with van der Waals surface area (Å²) in [6.07, 6.45) is 2.28. The first-order chi connectivity index (χ1) is 8.05. The molecule has 0 bridgehead atoms. The molecule has 0 radical (unpaired) electrons. The fourth-order valence-electron chi connectivity index (χ4n) is 2.05. The molecule has 6 nitrogen and oxygen atoms in total. The molecule has 1 saturated heterocycles. The van der Waals surface area contributed by atoms with Crippen molar-refractivity contribution in [2.75, 3.05) is 26.7 Å². The molecule has 1 aliphatic heterocycles. The van der Waals surface area contributed by atoms with Gasteiger partial charge in [-0.25, -0.2) is 4.72 Å². The molecule has 3 N–H and O–H groups in total. The molecule has 1 rings (SSSR count). The molecule has 0 aromatic rings. The Labute approximate surface area is 116 Å². The number of nitrogens with two attached hydrogens (primary N) is 1. The van der Waals surface area contributed by atoms with Crippen molar-refractivity contribution < 1.29 is 13.2 Å². The van der Waals surface area contributed by atoms with E-state index in [1.807, 2.05) is 6.92 Å². The fourth-order valence-corrected chi connectivity index (χ4v) is 3.59. The number of nitrogens with zero attached hydrogens (tertiary/aromatic N) is 1. The van der Waals surface area contributed by atoms with Crippen LogP contribution in [0.5, 0.6) is 0 Å². The van der Waals surface area contributed by atoms with Gasteiger partial charge in [-0.1, -0.05) is 6.92 Å². The molecule has 0 aromatic carbocycles. The second-order valence-corrected chi connectivity index (χ2v) is 5.99. The van der Waals surface area contributed by atoms with Crippen LogP contribution in [0.4, 0.5) is 0 Å². The zero-order chi connectivity index (χ0) is 12.9. The lowest BCUT2D eigenvalue weighted by atomic mass is 10.0. The van der Waals surface area contributed by atoms with Crippen LogP contribution < -0.4 is 10.5 Å². The summed E-state index contributed by atoms with van der Waals surface area (Å²) in [5.41, 5.74) is 5.65. The summed E-state index contributed by atoms with van der Waals surface area (Å²) in [4.78, 5) is 0. The number of piperidine rings is 1. The van der Waals surface area contributed by atoms with Gasteiger partial charge in [0.15, 0.2) is 0 Å². The summed E-state index contributed by atoms with van der Waals surface area (Å²) < 4.78 is 33.4. The predicted molar refractivity (Wildman–Crippen MR) is 74.0 cm³/mol. The molecule has 1 heterocycles. The number of halogens is 1. The molecule has 2 atom stereocenters. The number of rotatable bonds is 6. The minimum Gasteiger partial charge on any atom is -0.381 e. The first-order valence-electron chi connectivity index (χ1n) is 6.04. The zero-order valence-corrected chi connectivity index (χ0v) is 12.6. The van der Waals surface area contributed by atoms with E-state index >= 15 is 0 Å². The maximum Gasteiger partial charge on any atom is 0.279 e. The molecule has 18 heavy (non-hydrogen) atoms. The van der Waals surface area contributed by atoms with Crippen LogP contribution in [-0.2, 0) is 14.9 Å². The van der Waals surface area contributed by atoms with Crippen LogP contribution in [0.2, 0.25) is 0 Å². The van der Waals surface area contributed by atoms with E-state index in [9.17, 15) is 8.42 Å². The highest BCUT2D eigenvalue weighted by Crippen LogP contribution is 2.21. The SMILES string of the molecule is CCCNS(=O)(=O)N1CCC(OC)CC1CN.Cl. The molecule has 0 amide bonds. The third-order valence-corrected chi connectivity index (χ3v) is 4.73. The lowest BCUT2D eigenvalue weighted by Gasteiger charge is -2.37. The van der Waals surface area contributed by atoms with Crippen LogP contribution in [-0.4, -0.2) is 51.6 Å². The van der Waals surface area contributed by atoms with Gasteiger partial charge in [0, 0.05) is 32.8 Å². The molecule has 8 heteroatoms. The van der Waals surface area contributed by atoms with E-state index in [0.29, 0.717) is 26.1 Å². The van der Waals surface area contributed by atoms with E-state index < -0.39 is 10.2 Å². The second-order valence-electron chi connectivity index (χ2n) is 4.28. The monoisotopic (exact) mass is 301 g/mol. The normalized spacial score (nSPS) is 25.7. The molecule has 110 valence electrons. The Balaban J connectivity index is 0.00000289. The summed E-state index contributed by atoms with van der Waals surface area (Å²) in [7, 11) is -1.74. The van der Waals surface area contributed by atoms with E-state index in [1.165, 1.54) is 4.31 Å². The smallest absolute Gasteiger partial charge is 0.279 e. The van der Waals surface area contributed by atoms with Crippen LogP contribution in [0.1, 0.15) is 26.2 Å². The van der Waals surface area contributed by atoms with Gasteiger partial charge >= 0.3 is 0 Å². The van der Waals surface area contributed by atoms with Crippen molar-refractivity contribution in [3.8, 4) is 0 Å². The molecular formula is C10H24ClN3O3S. The summed E-state index contributed by atoms with van der Waals surface area (Å²) in [6.45, 7) is 3.19. The predicted octanol–water partition coefficient (Wildman–Crippen LogP) is 0.0907. The summed E-state index contributed by atoms with van der Waals surface area (Å²) >= 11 is 0. The van der Waals surface area contributed by atoms with E-state index in [-0.39, 0.29) is 24.6 Å². The van der Waals surface area contributed by atoms with Crippen molar-refractivity contribution in [1.82, 2.24) is 9.03 Å². The minimum atomic E-state index is -3.39. The third kappa shape index (κ3) is 4.64. The number of ether oxygens (including phenoxy) is 1. The van der Waals surface area contributed by atoms with Gasteiger partial charge in [-0.3, -0.25) is 0 Å². The molecule has 0 spiro atoms. The van der Waals surface area contributed by atoms with Gasteiger partial charge in [0.05, 0.1) is 6.10 Å². The molecule has 0 aromatic heterocycles. The molecular weight excluding hydrogens is 278 g/mol. The molecule has 0 aliphatic carbocycles. The summed E-state index contributed by atoms with van der Waals surface area (Å²) in [5.74, 6) is 0. The van der Waals surface area contributed by atoms with Gasteiger partial charge in [-0.05, 0) is 19.3 Å². The van der Waals surface area contributed by atoms with E-state index in [4.69, 9.17) is 10.5 Å². The van der Waals surface area contributed by atoms with Gasteiger partial charge in [0.25, 0.3) is 10.2 Å². The molecule has 2 unspecified atom stereocenters. The van der Waals surface area contributed by atoms with Gasteiger partial charge in [0.1, 0.15) is 0 Å². The Morgan fingerprint density at radius 3 is 2.67 bits per heavy atom. The summed E-state index contributed by atoms with van der Waals surface area (Å²) in [5, 5.41) is 0. The van der Waals surface area contributed by atoms with Crippen molar-refractivity contribution in [3.63, 3.8) is 0 Å². The third-order valence-electron chi connectivity index (χ3n) is 3.06. The maximum absolute atomic E-state index is 12.0. The van der Waals surface area contributed by atoms with E-state index in [0.717, 1.165) is 12.8 Å². The van der Waals surface area contributed by atoms with Gasteiger partial charge in [-0.15, -0.1) is 12.4 Å². The quantitative estimate of drug-likeness (QED) is 0.728. The Bertz CT molecular complexity index is 326. The molecule has 0 saturated carbocycles. The topological polar surface area (TPSA) is 84.7 Å². The first-order valence-corrected chi connectivity index (χ1v) is 7.48. The van der Waals surface area contributed by atoms with E-state index in [2.05, 4.69) is 4.72 Å². The number of nitrogens with one attached hydrogen (secondary N) is 1. The van der Waals surface area contributed by atoms with Gasteiger partial charge in [0.2, 0.25) is 0 Å². The van der Waals surface area contributed by atoms with Crippen LogP contribution in [0.3, 0.4) is 0 Å². The minimum absolute atomic E-state index is 0. The number of hydrogen-bond donors (Lipinski definition) is 2. The van der Waals surface area contributed by atoms with Crippen LogP contribution in [0.15, 0.2) is 0 Å². The largest absolute Gasteiger partial charge is 0.381 e. The van der Waals surface area contributed by atoms with Crippen LogP contribution in [0.25, 0.3) is 0 Å². The highest BCUT2D eigenvalue weighted by Gasteiger charge is 2.34. The maximum atomic E-state index is 12.0. The van der Waals surface area contributed by atoms with E-state index in [1.54, 1.807) is 7.11 Å². The van der Waals surface area contributed by atoms with Crippen molar-refractivity contribution in [2.24, 2.45) is 5.73 Å². The highest BCUT2D eigenvalue weighted by molar-refractivity contribution is 7.87. The fraction of sp³-hybridized carbons (Fsp3) is 1.00. The first kappa shape index (κ1) is 18.1. The van der Waals surface area contributed by atoms with Crippen molar-refractivity contribution in [2.45, 2.75) is 38.3 Å². The van der Waals surface area contributed by atoms with Crippen molar-refractivity contribution >= 4 is 22.6 Å². The summed E-state index contributed by atoms with van der Waals surface area (Å²) in [6, 6.07) is -0.164. The Kier molecular flexibility index (Phi) is 8.33. The molecule has 1 aliphatic rings. The second kappa shape index (κ2) is 8.29. The standard InChI is InChI=1S/C10H23N3O3S.ClH/c1-3-5-12-17(14,15)13-6-4-10(16-2)7-9(13)8-11;/h9-10,12H,3-8,11H2,1-2H3;1H. The van der Waals surface area contributed by atoms with Crippen LogP contribution >= 0.6 is 12.4 Å². The molecule has 1 fully saturated rings. The Morgan fingerprint density at radius 2 is 2.17 bits per heavy atom. The number of methoxy groups -OCH3 is 1. The highest BCUT2D eigenvalue weighted by atomic mass is 35.5. The van der Waals surface area contributed by atoms with Gasteiger partial charge < -0.3 is 10.5 Å². The lowest BCUT2D eigenvalue weighted by Crippen LogP contribution is -2.54. The zero-order valence-electron chi connectivity index (χ0n) is 11.0. The van der Waals surface area contributed by atoms with Crippen LogP contribution in [0, 0.1) is 0 Å².